The van der Waals surface area contributed by atoms with Crippen molar-refractivity contribution in [3.63, 3.8) is 0 Å². The minimum atomic E-state index is -0.955. The van der Waals surface area contributed by atoms with Crippen LogP contribution in [0, 0.1) is 11.3 Å². The van der Waals surface area contributed by atoms with Gasteiger partial charge in [-0.3, -0.25) is 0 Å². The maximum absolute atomic E-state index is 10.8. The van der Waals surface area contributed by atoms with Crippen molar-refractivity contribution in [2.75, 3.05) is 6.61 Å². The Morgan fingerprint density at radius 1 is 1.09 bits per heavy atom. The summed E-state index contributed by atoms with van der Waals surface area (Å²) in [7, 11) is 0. The normalized spacial score (nSPS) is 11.4. The van der Waals surface area contributed by atoms with E-state index >= 15 is 0 Å². The number of nitrogens with zero attached hydrogens (tertiary/aromatic N) is 1. The monoisotopic (exact) mass is 309 g/mol. The Bertz CT molecular complexity index is 659. The molecule has 0 amide bonds. The highest BCUT2D eigenvalue weighted by atomic mass is 16.5. The molecule has 1 unspecified atom stereocenters. The van der Waals surface area contributed by atoms with Gasteiger partial charge in [0.15, 0.2) is 0 Å². The first kappa shape index (κ1) is 16.6. The average molecular weight is 309 g/mol. The number of rotatable bonds is 8. The molecule has 0 aliphatic carbocycles. The fraction of sp³-hybridized carbons (Fsp3) is 0.263. The number of carboxylic acid groups (broad SMARTS) is 1. The van der Waals surface area contributed by atoms with Gasteiger partial charge in [-0.1, -0.05) is 30.3 Å². The van der Waals surface area contributed by atoms with Crippen LogP contribution in [0.5, 0.6) is 5.75 Å². The van der Waals surface area contributed by atoms with Crippen LogP contribution in [0.2, 0.25) is 0 Å². The van der Waals surface area contributed by atoms with Crippen molar-refractivity contribution in [2.24, 2.45) is 0 Å². The molecule has 0 aliphatic rings. The summed E-state index contributed by atoms with van der Waals surface area (Å²) in [5.41, 5.74) is 1.10. The predicted molar refractivity (Wildman–Crippen MR) is 87.5 cm³/mol. The van der Waals surface area contributed by atoms with E-state index in [9.17, 15) is 10.1 Å². The molecule has 0 fully saturated rings. The molecule has 0 spiro atoms. The van der Waals surface area contributed by atoms with Crippen LogP contribution in [0.1, 0.15) is 41.1 Å². The van der Waals surface area contributed by atoms with Crippen molar-refractivity contribution in [3.8, 4) is 11.8 Å². The van der Waals surface area contributed by atoms with Gasteiger partial charge in [0, 0.05) is 0 Å². The van der Waals surface area contributed by atoms with Crippen LogP contribution in [-0.2, 0) is 0 Å². The predicted octanol–water partition coefficient (Wildman–Crippen LogP) is 4.24. The van der Waals surface area contributed by atoms with E-state index in [1.54, 1.807) is 24.3 Å². The molecule has 0 heterocycles. The summed E-state index contributed by atoms with van der Waals surface area (Å²) in [6, 6.07) is 18.5. The number of ether oxygens (including phenoxy) is 1. The van der Waals surface area contributed by atoms with Crippen LogP contribution in [-0.4, -0.2) is 17.7 Å². The molecule has 1 atom stereocenters. The lowest BCUT2D eigenvalue weighted by Crippen LogP contribution is -2.01. The number of carboxylic acids is 1. The van der Waals surface area contributed by atoms with E-state index in [4.69, 9.17) is 9.84 Å². The van der Waals surface area contributed by atoms with Gasteiger partial charge >= 0.3 is 5.97 Å². The van der Waals surface area contributed by atoms with Gasteiger partial charge in [-0.15, -0.1) is 0 Å². The number of benzene rings is 2. The largest absolute Gasteiger partial charge is 0.494 e. The van der Waals surface area contributed by atoms with Gasteiger partial charge in [0.25, 0.3) is 0 Å². The van der Waals surface area contributed by atoms with Gasteiger partial charge in [0.1, 0.15) is 5.75 Å². The number of hydrogen-bond donors (Lipinski definition) is 1. The summed E-state index contributed by atoms with van der Waals surface area (Å²) in [6.07, 6.45) is 2.49. The highest BCUT2D eigenvalue weighted by Crippen LogP contribution is 2.22. The van der Waals surface area contributed by atoms with Crippen molar-refractivity contribution in [2.45, 2.75) is 25.2 Å². The molecule has 0 saturated heterocycles. The second-order valence-electron chi connectivity index (χ2n) is 5.27. The Hall–Kier alpha value is -2.80. The Morgan fingerprint density at radius 3 is 2.39 bits per heavy atom. The fourth-order valence-electron chi connectivity index (χ4n) is 2.32. The maximum Gasteiger partial charge on any atom is 0.335 e. The van der Waals surface area contributed by atoms with Gasteiger partial charge in [-0.2, -0.15) is 5.26 Å². The first-order chi connectivity index (χ1) is 11.2. The topological polar surface area (TPSA) is 70.3 Å². The molecule has 0 saturated carbocycles. The molecule has 118 valence electrons. The molecule has 23 heavy (non-hydrogen) atoms. The Labute approximate surface area is 136 Å². The van der Waals surface area contributed by atoms with Crippen LogP contribution in [0.4, 0.5) is 0 Å². The van der Waals surface area contributed by atoms with Crippen LogP contribution in [0.3, 0.4) is 0 Å². The van der Waals surface area contributed by atoms with Crippen molar-refractivity contribution >= 4 is 5.97 Å². The van der Waals surface area contributed by atoms with Crippen LogP contribution in [0.25, 0.3) is 0 Å². The third kappa shape index (κ3) is 5.15. The van der Waals surface area contributed by atoms with Crippen LogP contribution in [0.15, 0.2) is 54.6 Å². The van der Waals surface area contributed by atoms with Gasteiger partial charge < -0.3 is 9.84 Å². The Morgan fingerprint density at radius 2 is 1.78 bits per heavy atom. The zero-order valence-electron chi connectivity index (χ0n) is 12.8. The van der Waals surface area contributed by atoms with Crippen LogP contribution >= 0.6 is 0 Å². The summed E-state index contributed by atoms with van der Waals surface area (Å²) in [6.45, 7) is 0.625. The molecule has 4 heteroatoms. The quantitative estimate of drug-likeness (QED) is 0.740. The van der Waals surface area contributed by atoms with Crippen molar-refractivity contribution in [1.29, 1.82) is 5.26 Å². The Kier molecular flexibility index (Phi) is 6.19. The second kappa shape index (κ2) is 8.60. The Balaban J connectivity index is 1.76. The molecule has 1 N–H and O–H groups in total. The summed E-state index contributed by atoms with van der Waals surface area (Å²) >= 11 is 0. The smallest absolute Gasteiger partial charge is 0.335 e. The van der Waals surface area contributed by atoms with E-state index in [1.807, 2.05) is 30.3 Å². The third-order valence-corrected chi connectivity index (χ3v) is 3.61. The number of nitriles is 1. The van der Waals surface area contributed by atoms with E-state index in [2.05, 4.69) is 6.07 Å². The van der Waals surface area contributed by atoms with Gasteiger partial charge in [-0.25, -0.2) is 4.79 Å². The molecule has 0 aromatic heterocycles. The maximum atomic E-state index is 10.8. The first-order valence-electron chi connectivity index (χ1n) is 7.61. The summed E-state index contributed by atoms with van der Waals surface area (Å²) in [5.74, 6) is -0.314. The summed E-state index contributed by atoms with van der Waals surface area (Å²) in [4.78, 5) is 10.8. The molecule has 2 aromatic rings. The van der Waals surface area contributed by atoms with Gasteiger partial charge in [0.05, 0.1) is 24.2 Å². The molecular formula is C19H19NO3. The molecule has 4 nitrogen and oxygen atoms in total. The molecule has 0 bridgehead atoms. The number of aromatic carboxylic acids is 1. The van der Waals surface area contributed by atoms with E-state index in [0.29, 0.717) is 6.61 Å². The molecule has 2 rings (SSSR count). The number of hydrogen-bond acceptors (Lipinski definition) is 3. The van der Waals surface area contributed by atoms with Gasteiger partial charge in [0.2, 0.25) is 0 Å². The fourth-order valence-corrected chi connectivity index (χ4v) is 2.32. The van der Waals surface area contributed by atoms with Gasteiger partial charge in [-0.05, 0) is 49.1 Å². The van der Waals surface area contributed by atoms with Crippen molar-refractivity contribution < 1.29 is 14.6 Å². The molecule has 0 radical (unpaired) electrons. The minimum absolute atomic E-state index is 0.213. The number of unbranched alkanes of at least 4 members (excludes halogenated alkanes) is 1. The van der Waals surface area contributed by atoms with Crippen molar-refractivity contribution in [3.05, 3.63) is 65.7 Å². The van der Waals surface area contributed by atoms with E-state index in [1.165, 1.54) is 0 Å². The lowest BCUT2D eigenvalue weighted by molar-refractivity contribution is 0.0697. The van der Waals surface area contributed by atoms with E-state index < -0.39 is 5.97 Å². The first-order valence-corrected chi connectivity index (χ1v) is 7.61. The zero-order valence-corrected chi connectivity index (χ0v) is 12.8. The van der Waals surface area contributed by atoms with Crippen molar-refractivity contribution in [1.82, 2.24) is 0 Å². The van der Waals surface area contributed by atoms with Crippen LogP contribution < -0.4 is 4.74 Å². The average Bonchev–Trinajstić information content (AvgIpc) is 2.59. The molecule has 2 aromatic carbocycles. The lowest BCUT2D eigenvalue weighted by Gasteiger charge is -2.10. The SMILES string of the molecule is N#CC(CCCCOc1ccccc1)c1ccc(C(=O)O)cc1. The standard InChI is InChI=1S/C19H19NO3/c20-14-17(15-9-11-16(12-10-15)19(21)22)6-4-5-13-23-18-7-2-1-3-8-18/h1-3,7-12,17H,4-6,13H2,(H,21,22). The van der Waals surface area contributed by atoms with E-state index in [0.717, 1.165) is 30.6 Å². The molecular weight excluding hydrogens is 290 g/mol. The zero-order chi connectivity index (χ0) is 16.5. The summed E-state index contributed by atoms with van der Waals surface area (Å²) in [5, 5.41) is 18.2. The summed E-state index contributed by atoms with van der Waals surface area (Å²) < 4.78 is 5.62. The number of carbonyl (C=O) groups is 1. The second-order valence-corrected chi connectivity index (χ2v) is 5.27. The minimum Gasteiger partial charge on any atom is -0.494 e. The third-order valence-electron chi connectivity index (χ3n) is 3.61. The highest BCUT2D eigenvalue weighted by molar-refractivity contribution is 5.87. The highest BCUT2D eigenvalue weighted by Gasteiger charge is 2.11. The lowest BCUT2D eigenvalue weighted by atomic mass is 9.94. The number of para-hydroxylation sites is 1. The molecule has 0 aliphatic heterocycles. The van der Waals surface area contributed by atoms with E-state index in [-0.39, 0.29) is 11.5 Å².